The molecule has 0 aromatic heterocycles. The third-order valence-electron chi connectivity index (χ3n) is 2.08. The fourth-order valence-corrected chi connectivity index (χ4v) is 0.893. The van der Waals surface area contributed by atoms with E-state index >= 15 is 0 Å². The van der Waals surface area contributed by atoms with Crippen LogP contribution in [-0.4, -0.2) is 41.8 Å². The van der Waals surface area contributed by atoms with Gasteiger partial charge in [0, 0.05) is 0 Å². The second-order valence-corrected chi connectivity index (χ2v) is 3.62. The molecule has 0 saturated heterocycles. The number of halogens is 14. The predicted octanol–water partition coefficient (Wildman–Crippen LogP) is 4.22. The van der Waals surface area contributed by atoms with Crippen LogP contribution in [0.1, 0.15) is 0 Å². The largest absolute Gasteiger partial charge is 0.460 e. The zero-order valence-electron chi connectivity index (χ0n) is 9.20. The standard InChI is InChI=1S/C7F14O/c8-2(9,1(22)3(10,11)12)4(13,14)5(15,16)6(17,18)7(19,20)21. The van der Waals surface area contributed by atoms with Crippen LogP contribution in [0.2, 0.25) is 0 Å². The number of rotatable bonds is 4. The van der Waals surface area contributed by atoms with Gasteiger partial charge in [0.15, 0.2) is 0 Å². The molecule has 0 aromatic rings. The highest BCUT2D eigenvalue weighted by Gasteiger charge is 2.89. The van der Waals surface area contributed by atoms with E-state index in [9.17, 15) is 66.3 Å². The van der Waals surface area contributed by atoms with E-state index in [1.54, 1.807) is 0 Å². The number of hydrogen-bond acceptors (Lipinski definition) is 1. The molecular weight excluding hydrogens is 366 g/mol. The second kappa shape index (κ2) is 4.84. The van der Waals surface area contributed by atoms with Crippen LogP contribution in [0.15, 0.2) is 0 Å². The lowest BCUT2D eigenvalue weighted by molar-refractivity contribution is -0.418. The van der Waals surface area contributed by atoms with E-state index in [1.807, 2.05) is 0 Å². The van der Waals surface area contributed by atoms with E-state index in [-0.39, 0.29) is 0 Å². The molecule has 0 heterocycles. The minimum absolute atomic E-state index is 4.91. The monoisotopic (exact) mass is 366 g/mol. The first-order chi connectivity index (χ1) is 9.15. The quantitative estimate of drug-likeness (QED) is 0.681. The van der Waals surface area contributed by atoms with Crippen molar-refractivity contribution < 1.29 is 66.3 Å². The van der Waals surface area contributed by atoms with Crippen LogP contribution in [0.3, 0.4) is 0 Å². The van der Waals surface area contributed by atoms with Gasteiger partial charge < -0.3 is 0 Å². The topological polar surface area (TPSA) is 17.1 Å². The third kappa shape index (κ3) is 2.68. The Kier molecular flexibility index (Phi) is 4.55. The highest BCUT2D eigenvalue weighted by molar-refractivity contribution is 5.91. The van der Waals surface area contributed by atoms with Crippen molar-refractivity contribution in [2.75, 3.05) is 0 Å². The van der Waals surface area contributed by atoms with Crippen molar-refractivity contribution in [2.24, 2.45) is 0 Å². The van der Waals surface area contributed by atoms with Crippen molar-refractivity contribution in [1.82, 2.24) is 0 Å². The molecule has 0 saturated carbocycles. The molecule has 0 atom stereocenters. The van der Waals surface area contributed by atoms with Crippen LogP contribution in [0.5, 0.6) is 0 Å². The molecule has 22 heavy (non-hydrogen) atoms. The summed E-state index contributed by atoms with van der Waals surface area (Å²) >= 11 is 0. The van der Waals surface area contributed by atoms with Gasteiger partial charge in [0.2, 0.25) is 0 Å². The Morgan fingerprint density at radius 3 is 1.05 bits per heavy atom. The van der Waals surface area contributed by atoms with Gasteiger partial charge in [-0.2, -0.15) is 61.5 Å². The van der Waals surface area contributed by atoms with Gasteiger partial charge in [0.1, 0.15) is 0 Å². The molecule has 1 nitrogen and oxygen atoms in total. The van der Waals surface area contributed by atoms with Crippen molar-refractivity contribution in [1.29, 1.82) is 0 Å². The lowest BCUT2D eigenvalue weighted by Crippen LogP contribution is -2.69. The summed E-state index contributed by atoms with van der Waals surface area (Å²) in [4.78, 5) is 9.94. The number of ketones is 1. The summed E-state index contributed by atoms with van der Waals surface area (Å²) in [6, 6.07) is 0. The van der Waals surface area contributed by atoms with Crippen LogP contribution < -0.4 is 0 Å². The van der Waals surface area contributed by atoms with E-state index in [2.05, 4.69) is 0 Å². The minimum atomic E-state index is -8.05. The van der Waals surface area contributed by atoms with Gasteiger partial charge >= 0.3 is 41.8 Å². The number of hydrogen-bond donors (Lipinski definition) is 0. The van der Waals surface area contributed by atoms with Crippen molar-refractivity contribution >= 4 is 5.78 Å². The highest BCUT2D eigenvalue weighted by Crippen LogP contribution is 2.58. The summed E-state index contributed by atoms with van der Waals surface area (Å²) in [6.07, 6.45) is -14.4. The number of Topliss-reactive ketones (excluding diaryl/α,β-unsaturated/α-hetero) is 1. The zero-order chi connectivity index (χ0) is 18.6. The molecular formula is C7F14O. The van der Waals surface area contributed by atoms with E-state index in [4.69, 9.17) is 0 Å². The fourth-order valence-electron chi connectivity index (χ4n) is 0.893. The molecule has 0 rings (SSSR count). The maximum absolute atomic E-state index is 12.6. The molecule has 0 unspecified atom stereocenters. The van der Waals surface area contributed by atoms with Gasteiger partial charge in [-0.05, 0) is 0 Å². The summed E-state index contributed by atoms with van der Waals surface area (Å²) < 4.78 is 169. The van der Waals surface area contributed by atoms with Crippen LogP contribution in [0, 0.1) is 0 Å². The number of carbonyl (C=O) groups excluding carboxylic acids is 1. The molecule has 0 aliphatic rings. The predicted molar refractivity (Wildman–Crippen MR) is 36.9 cm³/mol. The molecule has 132 valence electrons. The van der Waals surface area contributed by atoms with Crippen LogP contribution in [0.4, 0.5) is 61.5 Å². The zero-order valence-corrected chi connectivity index (χ0v) is 9.20. The van der Waals surface area contributed by atoms with Gasteiger partial charge in [-0.3, -0.25) is 4.79 Å². The summed E-state index contributed by atoms with van der Waals surface area (Å²) in [5, 5.41) is 0. The van der Waals surface area contributed by atoms with Crippen LogP contribution in [-0.2, 0) is 4.79 Å². The summed E-state index contributed by atoms with van der Waals surface area (Å²) in [5.74, 6) is -36.4. The first kappa shape index (κ1) is 20.7. The first-order valence-electron chi connectivity index (χ1n) is 4.35. The Bertz CT molecular complexity index is 439. The molecule has 0 amide bonds. The Labute approximate surface area is 109 Å². The molecule has 0 aliphatic heterocycles. The maximum atomic E-state index is 12.6. The smallest absolute Gasteiger partial charge is 0.282 e. The molecule has 0 spiro atoms. The van der Waals surface area contributed by atoms with Crippen molar-refractivity contribution in [3.8, 4) is 0 Å². The fraction of sp³-hybridized carbons (Fsp3) is 0.857. The van der Waals surface area contributed by atoms with Gasteiger partial charge in [-0.1, -0.05) is 0 Å². The highest BCUT2D eigenvalue weighted by atomic mass is 19.4. The first-order valence-corrected chi connectivity index (χ1v) is 4.35. The van der Waals surface area contributed by atoms with E-state index in [0.717, 1.165) is 0 Å². The van der Waals surface area contributed by atoms with E-state index in [1.165, 1.54) is 0 Å². The molecule has 0 fully saturated rings. The van der Waals surface area contributed by atoms with E-state index < -0.39 is 41.8 Å². The molecule has 0 N–H and O–H groups in total. The Morgan fingerprint density at radius 2 is 0.818 bits per heavy atom. The molecule has 15 heteroatoms. The molecule has 0 aliphatic carbocycles. The van der Waals surface area contributed by atoms with Gasteiger partial charge in [0.05, 0.1) is 0 Å². The lowest BCUT2D eigenvalue weighted by Gasteiger charge is -2.36. The van der Waals surface area contributed by atoms with E-state index in [0.29, 0.717) is 0 Å². The number of carbonyl (C=O) groups is 1. The average Bonchev–Trinajstić information content (AvgIpc) is 2.24. The van der Waals surface area contributed by atoms with Crippen molar-refractivity contribution in [3.05, 3.63) is 0 Å². The molecule has 0 bridgehead atoms. The summed E-state index contributed by atoms with van der Waals surface area (Å²) in [6.45, 7) is 0. The summed E-state index contributed by atoms with van der Waals surface area (Å²) in [5.41, 5.74) is 0. The van der Waals surface area contributed by atoms with Crippen molar-refractivity contribution in [3.63, 3.8) is 0 Å². The lowest BCUT2D eigenvalue weighted by atomic mass is 9.95. The average molecular weight is 366 g/mol. The summed E-state index contributed by atoms with van der Waals surface area (Å²) in [7, 11) is 0. The second-order valence-electron chi connectivity index (χ2n) is 3.62. The number of alkyl halides is 14. The maximum Gasteiger partial charge on any atom is 0.460 e. The third-order valence-corrected chi connectivity index (χ3v) is 2.08. The molecule has 0 aromatic carbocycles. The van der Waals surface area contributed by atoms with Crippen molar-refractivity contribution in [2.45, 2.75) is 36.0 Å². The Hall–Kier alpha value is -1.31. The Balaban J connectivity index is 6.18. The van der Waals surface area contributed by atoms with Gasteiger partial charge in [-0.25, -0.2) is 0 Å². The minimum Gasteiger partial charge on any atom is -0.282 e. The SMILES string of the molecule is O=C(C(F)(F)F)C(F)(F)C(F)(F)C(F)(F)C(F)(F)C(F)(F)F. The van der Waals surface area contributed by atoms with Crippen LogP contribution >= 0.6 is 0 Å². The molecule has 0 radical (unpaired) electrons. The van der Waals surface area contributed by atoms with Gasteiger partial charge in [-0.15, -0.1) is 0 Å². The van der Waals surface area contributed by atoms with Crippen LogP contribution in [0.25, 0.3) is 0 Å². The Morgan fingerprint density at radius 1 is 0.500 bits per heavy atom. The van der Waals surface area contributed by atoms with Gasteiger partial charge in [0.25, 0.3) is 0 Å². The normalized spacial score (nSPS) is 15.9.